The zero-order valence-electron chi connectivity index (χ0n) is 20.3. The minimum atomic E-state index is -0.479. The predicted octanol–water partition coefficient (Wildman–Crippen LogP) is 4.41. The summed E-state index contributed by atoms with van der Waals surface area (Å²) in [5, 5.41) is 10.3. The van der Waals surface area contributed by atoms with E-state index in [0.29, 0.717) is 42.4 Å². The number of unbranched alkanes of at least 4 members (excludes halogenated alkanes) is 1. The highest BCUT2D eigenvalue weighted by molar-refractivity contribution is 6.31. The molecule has 0 fully saturated rings. The first-order valence-electron chi connectivity index (χ1n) is 12.2. The molecule has 37 heavy (non-hydrogen) atoms. The number of anilines is 1. The standard InChI is InChI=1S/C27H28ClN7O2/c28-18-4-6-22-24(14-18)34-25(33-22)16-30-8-1-2-11-37-12-10-32-27-20-7-9-31-15-21(20)19-5-3-17(26(29)36)13-23(19)35-27/h3-7,9,13-15,30H,1-2,8,10-12,16H2,(H2,29,36)(H,32,35)(H,33,34). The normalized spacial score (nSPS) is 11.5. The van der Waals surface area contributed by atoms with Crippen LogP contribution in [-0.4, -0.2) is 52.1 Å². The van der Waals surface area contributed by atoms with Crippen LogP contribution in [0.25, 0.3) is 32.7 Å². The van der Waals surface area contributed by atoms with E-state index in [1.807, 2.05) is 36.5 Å². The molecule has 190 valence electrons. The zero-order valence-corrected chi connectivity index (χ0v) is 21.0. The fraction of sp³-hybridized carbons (Fsp3) is 0.259. The number of halogens is 1. The molecule has 0 saturated heterocycles. The van der Waals surface area contributed by atoms with E-state index in [2.05, 4.69) is 25.6 Å². The highest BCUT2D eigenvalue weighted by Crippen LogP contribution is 2.29. The Bertz CT molecular complexity index is 1550. The fourth-order valence-corrected chi connectivity index (χ4v) is 4.43. The van der Waals surface area contributed by atoms with Crippen molar-refractivity contribution in [2.75, 3.05) is 31.6 Å². The minimum absolute atomic E-state index is 0.425. The second-order valence-electron chi connectivity index (χ2n) is 8.75. The summed E-state index contributed by atoms with van der Waals surface area (Å²) in [7, 11) is 0. The van der Waals surface area contributed by atoms with E-state index in [1.54, 1.807) is 18.3 Å². The molecule has 0 bridgehead atoms. The van der Waals surface area contributed by atoms with Gasteiger partial charge in [0, 0.05) is 52.3 Å². The Morgan fingerprint density at radius 2 is 1.89 bits per heavy atom. The lowest BCUT2D eigenvalue weighted by Crippen LogP contribution is -2.16. The van der Waals surface area contributed by atoms with Crippen LogP contribution in [0.4, 0.5) is 5.82 Å². The second kappa shape index (κ2) is 11.5. The van der Waals surface area contributed by atoms with Gasteiger partial charge in [0.1, 0.15) is 11.6 Å². The molecule has 0 aliphatic carbocycles. The summed E-state index contributed by atoms with van der Waals surface area (Å²) in [6.07, 6.45) is 5.52. The number of rotatable bonds is 12. The summed E-state index contributed by atoms with van der Waals surface area (Å²) < 4.78 is 5.80. The number of nitrogens with one attached hydrogen (secondary N) is 3. The van der Waals surface area contributed by atoms with E-state index in [9.17, 15) is 4.79 Å². The van der Waals surface area contributed by atoms with Crippen molar-refractivity contribution in [1.29, 1.82) is 0 Å². The molecule has 0 aliphatic rings. The lowest BCUT2D eigenvalue weighted by Gasteiger charge is -2.12. The Hall–Kier alpha value is -3.79. The van der Waals surface area contributed by atoms with Crippen molar-refractivity contribution in [3.8, 4) is 0 Å². The molecular weight excluding hydrogens is 490 g/mol. The highest BCUT2D eigenvalue weighted by Gasteiger charge is 2.10. The van der Waals surface area contributed by atoms with E-state index < -0.39 is 5.91 Å². The number of benzene rings is 2. The number of carbonyl (C=O) groups is 1. The van der Waals surface area contributed by atoms with Gasteiger partial charge in [0.05, 0.1) is 29.7 Å². The van der Waals surface area contributed by atoms with Crippen molar-refractivity contribution in [1.82, 2.24) is 25.3 Å². The van der Waals surface area contributed by atoms with Crippen LogP contribution in [0, 0.1) is 0 Å². The number of primary amides is 1. The van der Waals surface area contributed by atoms with E-state index >= 15 is 0 Å². The Balaban J connectivity index is 1.05. The quantitative estimate of drug-likeness (QED) is 0.142. The van der Waals surface area contributed by atoms with Crippen molar-refractivity contribution in [3.63, 3.8) is 0 Å². The molecule has 9 nitrogen and oxygen atoms in total. The van der Waals surface area contributed by atoms with E-state index in [0.717, 1.165) is 58.2 Å². The molecule has 5 N–H and O–H groups in total. The maximum atomic E-state index is 11.6. The molecule has 0 spiro atoms. The molecule has 5 aromatic rings. The first kappa shape index (κ1) is 24.9. The van der Waals surface area contributed by atoms with Crippen LogP contribution in [0.3, 0.4) is 0 Å². The maximum absolute atomic E-state index is 11.6. The van der Waals surface area contributed by atoms with Gasteiger partial charge in [0.25, 0.3) is 0 Å². The average Bonchev–Trinajstić information content (AvgIpc) is 3.31. The number of carbonyl (C=O) groups excluding carboxylic acids is 1. The largest absolute Gasteiger partial charge is 0.380 e. The first-order chi connectivity index (χ1) is 18.1. The predicted molar refractivity (Wildman–Crippen MR) is 147 cm³/mol. The van der Waals surface area contributed by atoms with Gasteiger partial charge >= 0.3 is 0 Å². The van der Waals surface area contributed by atoms with Crippen molar-refractivity contribution in [3.05, 3.63) is 71.3 Å². The smallest absolute Gasteiger partial charge is 0.248 e. The Labute approximate surface area is 218 Å². The molecule has 10 heteroatoms. The molecule has 0 aliphatic heterocycles. The maximum Gasteiger partial charge on any atom is 0.248 e. The average molecular weight is 518 g/mol. The van der Waals surface area contributed by atoms with Crippen LogP contribution >= 0.6 is 11.6 Å². The first-order valence-corrected chi connectivity index (χ1v) is 12.6. The molecule has 2 aromatic carbocycles. The van der Waals surface area contributed by atoms with Gasteiger partial charge in [0.2, 0.25) is 5.91 Å². The molecule has 0 unspecified atom stereocenters. The molecule has 0 atom stereocenters. The highest BCUT2D eigenvalue weighted by atomic mass is 35.5. The fourth-order valence-electron chi connectivity index (χ4n) is 4.26. The summed E-state index contributed by atoms with van der Waals surface area (Å²) in [6.45, 7) is 3.42. The van der Waals surface area contributed by atoms with Crippen molar-refractivity contribution in [2.24, 2.45) is 5.73 Å². The molecule has 3 aromatic heterocycles. The number of aromatic amines is 1. The number of nitrogens with two attached hydrogens (primary N) is 1. The molecule has 1 amide bonds. The monoisotopic (exact) mass is 517 g/mol. The minimum Gasteiger partial charge on any atom is -0.380 e. The topological polar surface area (TPSA) is 131 Å². The van der Waals surface area contributed by atoms with Gasteiger partial charge in [-0.2, -0.15) is 0 Å². The number of aromatic nitrogens is 4. The second-order valence-corrected chi connectivity index (χ2v) is 9.18. The lowest BCUT2D eigenvalue weighted by atomic mass is 10.1. The van der Waals surface area contributed by atoms with E-state index in [1.165, 1.54) is 0 Å². The Kier molecular flexibility index (Phi) is 7.74. The van der Waals surface area contributed by atoms with Gasteiger partial charge in [-0.3, -0.25) is 9.78 Å². The van der Waals surface area contributed by atoms with Gasteiger partial charge < -0.3 is 26.1 Å². The number of hydrogen-bond acceptors (Lipinski definition) is 7. The number of amides is 1. The number of H-pyrrole nitrogens is 1. The van der Waals surface area contributed by atoms with Gasteiger partial charge in [0.15, 0.2) is 0 Å². The van der Waals surface area contributed by atoms with E-state index in [-0.39, 0.29) is 0 Å². The molecule has 0 radical (unpaired) electrons. The van der Waals surface area contributed by atoms with Crippen LogP contribution in [0.2, 0.25) is 5.02 Å². The van der Waals surface area contributed by atoms with Gasteiger partial charge in [-0.05, 0) is 55.8 Å². The number of ether oxygens (including phenoxy) is 1. The molecular formula is C27H28ClN7O2. The molecule has 5 rings (SSSR count). The summed E-state index contributed by atoms with van der Waals surface area (Å²) in [5.74, 6) is 1.15. The third kappa shape index (κ3) is 5.96. The number of imidazole rings is 1. The summed E-state index contributed by atoms with van der Waals surface area (Å²) >= 11 is 6.03. The third-order valence-corrected chi connectivity index (χ3v) is 6.33. The van der Waals surface area contributed by atoms with Crippen molar-refractivity contribution in [2.45, 2.75) is 19.4 Å². The van der Waals surface area contributed by atoms with Crippen LogP contribution in [0.1, 0.15) is 29.0 Å². The number of fused-ring (bicyclic) bond motifs is 4. The van der Waals surface area contributed by atoms with Crippen LogP contribution in [-0.2, 0) is 11.3 Å². The van der Waals surface area contributed by atoms with Gasteiger partial charge in [-0.25, -0.2) is 9.97 Å². The number of pyridine rings is 2. The van der Waals surface area contributed by atoms with Crippen LogP contribution < -0.4 is 16.4 Å². The lowest BCUT2D eigenvalue weighted by molar-refractivity contribution is 0.100. The zero-order chi connectivity index (χ0) is 25.6. The number of nitrogens with zero attached hydrogens (tertiary/aromatic N) is 3. The summed E-state index contributed by atoms with van der Waals surface area (Å²) in [6, 6.07) is 12.9. The summed E-state index contributed by atoms with van der Waals surface area (Å²) in [4.78, 5) is 28.4. The van der Waals surface area contributed by atoms with Crippen molar-refractivity contribution >= 4 is 56.0 Å². The number of hydrogen-bond donors (Lipinski definition) is 4. The van der Waals surface area contributed by atoms with Crippen LogP contribution in [0.5, 0.6) is 0 Å². The Morgan fingerprint density at radius 1 is 0.973 bits per heavy atom. The molecule has 3 heterocycles. The van der Waals surface area contributed by atoms with Crippen molar-refractivity contribution < 1.29 is 9.53 Å². The van der Waals surface area contributed by atoms with Crippen LogP contribution in [0.15, 0.2) is 54.9 Å². The van der Waals surface area contributed by atoms with Gasteiger partial charge in [-0.15, -0.1) is 0 Å². The Morgan fingerprint density at radius 3 is 2.78 bits per heavy atom. The molecule has 0 saturated carbocycles. The third-order valence-electron chi connectivity index (χ3n) is 6.10. The van der Waals surface area contributed by atoms with E-state index in [4.69, 9.17) is 27.1 Å². The summed E-state index contributed by atoms with van der Waals surface area (Å²) in [5.41, 5.74) is 8.43. The SMILES string of the molecule is NC(=O)c1ccc2c(c1)nc(NCCOCCCCNCc1nc3ccc(Cl)cc3[nH]1)c1ccncc12. The van der Waals surface area contributed by atoms with Gasteiger partial charge in [-0.1, -0.05) is 17.7 Å².